The Labute approximate surface area is 93.3 Å². The van der Waals surface area contributed by atoms with E-state index in [2.05, 4.69) is 17.5 Å². The zero-order valence-electron chi connectivity index (χ0n) is 8.47. The van der Waals surface area contributed by atoms with Crippen LogP contribution >= 0.6 is 11.8 Å². The van der Waals surface area contributed by atoms with Gasteiger partial charge in [-0.1, -0.05) is 24.3 Å². The largest absolute Gasteiger partial charge is 0.462 e. The molecule has 0 radical (unpaired) electrons. The second-order valence-corrected chi connectivity index (χ2v) is 4.49. The summed E-state index contributed by atoms with van der Waals surface area (Å²) >= 11 is 1.55. The van der Waals surface area contributed by atoms with E-state index in [9.17, 15) is 4.79 Å². The Hall–Kier alpha value is -1.16. The fraction of sp³-hybridized carbons (Fsp3) is 0.364. The van der Waals surface area contributed by atoms with Crippen LogP contribution in [0.3, 0.4) is 0 Å². The van der Waals surface area contributed by atoms with Crippen LogP contribution in [0, 0.1) is 0 Å². The molecule has 0 saturated carbocycles. The van der Waals surface area contributed by atoms with Crippen LogP contribution in [-0.2, 0) is 9.53 Å². The van der Waals surface area contributed by atoms with Gasteiger partial charge in [-0.05, 0) is 6.92 Å². The number of esters is 1. The van der Waals surface area contributed by atoms with Crippen molar-refractivity contribution in [2.24, 2.45) is 0 Å². The van der Waals surface area contributed by atoms with Crippen molar-refractivity contribution in [3.8, 4) is 0 Å². The van der Waals surface area contributed by atoms with Gasteiger partial charge in [0, 0.05) is 6.20 Å². The molecule has 1 N–H and O–H groups in total. The lowest BCUT2D eigenvalue weighted by Crippen LogP contribution is -2.37. The summed E-state index contributed by atoms with van der Waals surface area (Å²) < 4.78 is 4.95. The number of hydrogen-bond donors (Lipinski definition) is 1. The summed E-state index contributed by atoms with van der Waals surface area (Å²) in [6.45, 7) is 2.23. The molecule has 4 heteroatoms. The van der Waals surface area contributed by atoms with Gasteiger partial charge in [0.25, 0.3) is 0 Å². The SMILES string of the molecule is CCOC(=O)C1=CN[C@@H]2C=CC=C[C@@H]2S1. The highest BCUT2D eigenvalue weighted by molar-refractivity contribution is 8.04. The molecule has 2 atom stereocenters. The molecule has 1 heterocycles. The third-order valence-corrected chi connectivity index (χ3v) is 3.49. The summed E-state index contributed by atoms with van der Waals surface area (Å²) in [4.78, 5) is 12.1. The van der Waals surface area contributed by atoms with Gasteiger partial charge in [0.1, 0.15) is 4.91 Å². The highest BCUT2D eigenvalue weighted by atomic mass is 32.2. The molecule has 0 aromatic heterocycles. The summed E-state index contributed by atoms with van der Waals surface area (Å²) in [5.41, 5.74) is 0. The Bertz CT molecular complexity index is 346. The first-order valence-corrected chi connectivity index (χ1v) is 5.84. The van der Waals surface area contributed by atoms with Gasteiger partial charge >= 0.3 is 5.97 Å². The first-order valence-electron chi connectivity index (χ1n) is 4.96. The number of carbonyl (C=O) groups excluding carboxylic acids is 1. The smallest absolute Gasteiger partial charge is 0.346 e. The van der Waals surface area contributed by atoms with E-state index in [0.29, 0.717) is 16.8 Å². The van der Waals surface area contributed by atoms with Gasteiger partial charge in [0.2, 0.25) is 0 Å². The van der Waals surface area contributed by atoms with E-state index in [1.54, 1.807) is 18.0 Å². The maximum Gasteiger partial charge on any atom is 0.346 e. The summed E-state index contributed by atoms with van der Waals surface area (Å²) in [5, 5.41) is 3.48. The number of fused-ring (bicyclic) bond motifs is 1. The van der Waals surface area contributed by atoms with Crippen LogP contribution in [0.5, 0.6) is 0 Å². The fourth-order valence-electron chi connectivity index (χ4n) is 1.51. The number of hydrogen-bond acceptors (Lipinski definition) is 4. The van der Waals surface area contributed by atoms with E-state index < -0.39 is 0 Å². The van der Waals surface area contributed by atoms with Gasteiger partial charge < -0.3 is 10.1 Å². The predicted octanol–water partition coefficient (Wildman–Crippen LogP) is 1.59. The predicted molar refractivity (Wildman–Crippen MR) is 61.3 cm³/mol. The van der Waals surface area contributed by atoms with Crippen LogP contribution in [0.1, 0.15) is 6.92 Å². The maximum absolute atomic E-state index is 11.5. The lowest BCUT2D eigenvalue weighted by molar-refractivity contribution is -0.137. The molecule has 0 amide bonds. The van der Waals surface area contributed by atoms with Gasteiger partial charge in [-0.15, -0.1) is 11.8 Å². The van der Waals surface area contributed by atoms with Crippen LogP contribution in [0.25, 0.3) is 0 Å². The van der Waals surface area contributed by atoms with Gasteiger partial charge in [0.15, 0.2) is 0 Å². The van der Waals surface area contributed by atoms with Crippen molar-refractivity contribution in [1.29, 1.82) is 0 Å². The van der Waals surface area contributed by atoms with E-state index in [0.717, 1.165) is 0 Å². The first-order chi connectivity index (χ1) is 7.31. The van der Waals surface area contributed by atoms with Gasteiger partial charge in [-0.25, -0.2) is 4.79 Å². The zero-order chi connectivity index (χ0) is 10.7. The van der Waals surface area contributed by atoms with Crippen LogP contribution in [0.2, 0.25) is 0 Å². The van der Waals surface area contributed by atoms with Crippen molar-refractivity contribution in [2.75, 3.05) is 6.61 Å². The Morgan fingerprint density at radius 2 is 2.33 bits per heavy atom. The van der Waals surface area contributed by atoms with E-state index in [1.165, 1.54) is 0 Å². The second-order valence-electron chi connectivity index (χ2n) is 3.27. The van der Waals surface area contributed by atoms with Crippen molar-refractivity contribution in [1.82, 2.24) is 5.32 Å². The highest BCUT2D eigenvalue weighted by Crippen LogP contribution is 2.31. The lowest BCUT2D eigenvalue weighted by Gasteiger charge is -2.28. The number of thioether (sulfide) groups is 1. The summed E-state index contributed by atoms with van der Waals surface area (Å²) in [6.07, 6.45) is 9.94. The van der Waals surface area contributed by atoms with Gasteiger partial charge in [-0.2, -0.15) is 0 Å². The fourth-order valence-corrected chi connectivity index (χ4v) is 2.58. The minimum Gasteiger partial charge on any atom is -0.462 e. The van der Waals surface area contributed by atoms with E-state index in [1.807, 2.05) is 19.1 Å². The Balaban J connectivity index is 2.05. The molecule has 0 spiro atoms. The Morgan fingerprint density at radius 1 is 1.53 bits per heavy atom. The number of ether oxygens (including phenoxy) is 1. The molecule has 0 aromatic carbocycles. The summed E-state index contributed by atoms with van der Waals surface area (Å²) in [7, 11) is 0. The topological polar surface area (TPSA) is 38.3 Å². The maximum atomic E-state index is 11.5. The molecule has 1 aliphatic heterocycles. The first kappa shape index (κ1) is 10.4. The van der Waals surface area contributed by atoms with Crippen molar-refractivity contribution in [3.05, 3.63) is 35.4 Å². The molecule has 0 aromatic rings. The van der Waals surface area contributed by atoms with Crippen LogP contribution in [0.4, 0.5) is 0 Å². The monoisotopic (exact) mass is 223 g/mol. The molecule has 0 bridgehead atoms. The number of rotatable bonds is 2. The molecule has 0 saturated heterocycles. The van der Waals surface area contributed by atoms with Crippen molar-refractivity contribution >= 4 is 17.7 Å². The van der Waals surface area contributed by atoms with E-state index in [-0.39, 0.29) is 12.0 Å². The van der Waals surface area contributed by atoms with Gasteiger partial charge in [0.05, 0.1) is 17.9 Å². The number of carbonyl (C=O) groups is 1. The number of nitrogens with one attached hydrogen (secondary N) is 1. The molecular weight excluding hydrogens is 210 g/mol. The van der Waals surface area contributed by atoms with Crippen LogP contribution < -0.4 is 5.32 Å². The quantitative estimate of drug-likeness (QED) is 0.721. The molecule has 2 aliphatic rings. The van der Waals surface area contributed by atoms with Gasteiger partial charge in [-0.3, -0.25) is 0 Å². The molecule has 80 valence electrons. The average Bonchev–Trinajstić information content (AvgIpc) is 2.29. The average molecular weight is 223 g/mol. The highest BCUT2D eigenvalue weighted by Gasteiger charge is 2.27. The molecule has 15 heavy (non-hydrogen) atoms. The second kappa shape index (κ2) is 4.57. The molecular formula is C11H13NO2S. The normalized spacial score (nSPS) is 27.7. The minimum atomic E-state index is -0.239. The number of allylic oxidation sites excluding steroid dienone is 2. The molecule has 1 aliphatic carbocycles. The van der Waals surface area contributed by atoms with Crippen LogP contribution in [-0.4, -0.2) is 23.9 Å². The Kier molecular flexibility index (Phi) is 3.16. The van der Waals surface area contributed by atoms with Crippen molar-refractivity contribution in [2.45, 2.75) is 18.2 Å². The molecule has 2 rings (SSSR count). The van der Waals surface area contributed by atoms with E-state index >= 15 is 0 Å². The van der Waals surface area contributed by atoms with Crippen molar-refractivity contribution < 1.29 is 9.53 Å². The van der Waals surface area contributed by atoms with Crippen LogP contribution in [0.15, 0.2) is 35.4 Å². The summed E-state index contributed by atoms with van der Waals surface area (Å²) in [6, 6.07) is 0.290. The molecule has 0 unspecified atom stereocenters. The standard InChI is InChI=1S/C11H13NO2S/c1-2-14-11(13)10-7-12-8-5-3-4-6-9(8)15-10/h3-9,12H,2H2,1H3/t8-,9+/m1/s1. The molecule has 3 nitrogen and oxygen atoms in total. The lowest BCUT2D eigenvalue weighted by atomic mass is 10.1. The van der Waals surface area contributed by atoms with E-state index in [4.69, 9.17) is 4.74 Å². The molecule has 0 fully saturated rings. The third-order valence-electron chi connectivity index (χ3n) is 2.23. The van der Waals surface area contributed by atoms with Crippen molar-refractivity contribution in [3.63, 3.8) is 0 Å². The minimum absolute atomic E-state index is 0.239. The zero-order valence-corrected chi connectivity index (χ0v) is 9.29. The Morgan fingerprint density at radius 3 is 3.13 bits per heavy atom. The third kappa shape index (κ3) is 2.26. The summed E-state index contributed by atoms with van der Waals surface area (Å²) in [5.74, 6) is -0.239.